The molecule has 25 heavy (non-hydrogen) atoms. The molecule has 0 spiro atoms. The molecule has 4 rings (SSSR count). The summed E-state index contributed by atoms with van der Waals surface area (Å²) in [7, 11) is 0. The molecule has 2 heterocycles. The Morgan fingerprint density at radius 3 is 3.00 bits per heavy atom. The van der Waals surface area contributed by atoms with E-state index in [-0.39, 0.29) is 24.2 Å². The molecule has 1 aliphatic carbocycles. The van der Waals surface area contributed by atoms with Gasteiger partial charge in [-0.3, -0.25) is 4.79 Å². The Bertz CT molecular complexity index is 859. The average molecular weight is 338 g/mol. The molecule has 0 bridgehead atoms. The second-order valence-electron chi connectivity index (χ2n) is 6.75. The Kier molecular flexibility index (Phi) is 4.17. The molecule has 2 aromatic rings. The van der Waals surface area contributed by atoms with Gasteiger partial charge in [-0.25, -0.2) is 4.79 Å². The molecule has 1 atom stereocenters. The number of aromatic nitrogens is 1. The highest BCUT2D eigenvalue weighted by molar-refractivity contribution is 5.74. The van der Waals surface area contributed by atoms with Gasteiger partial charge in [0.15, 0.2) is 0 Å². The number of para-hydroxylation sites is 1. The number of carbonyl (C=O) groups is 1. The summed E-state index contributed by atoms with van der Waals surface area (Å²) in [5, 5.41) is 9.11. The summed E-state index contributed by atoms with van der Waals surface area (Å²) in [6.07, 6.45) is 3.82. The molecule has 1 aromatic heterocycles. The van der Waals surface area contributed by atoms with E-state index in [1.54, 1.807) is 0 Å². The lowest BCUT2D eigenvalue weighted by Crippen LogP contribution is -2.47. The number of benzene rings is 1. The Balaban J connectivity index is 1.34. The van der Waals surface area contributed by atoms with Crippen LogP contribution in [0.5, 0.6) is 0 Å². The molecule has 130 valence electrons. The van der Waals surface area contributed by atoms with Crippen LogP contribution in [0.3, 0.4) is 0 Å². The molecule has 0 saturated heterocycles. The van der Waals surface area contributed by atoms with Gasteiger partial charge in [0.25, 0.3) is 5.56 Å². The fourth-order valence-electron chi connectivity index (χ4n) is 3.65. The zero-order chi connectivity index (χ0) is 17.2. The van der Waals surface area contributed by atoms with Gasteiger partial charge < -0.3 is 20.9 Å². The van der Waals surface area contributed by atoms with Gasteiger partial charge in [-0.05, 0) is 48.9 Å². The van der Waals surface area contributed by atoms with E-state index < -0.39 is 0 Å². The highest BCUT2D eigenvalue weighted by atomic mass is 16.2. The third-order valence-corrected chi connectivity index (χ3v) is 4.96. The maximum Gasteiger partial charge on any atom is 0.315 e. The molecule has 0 fully saturated rings. The van der Waals surface area contributed by atoms with E-state index in [9.17, 15) is 9.59 Å². The number of nitrogens with one attached hydrogen (secondary N) is 4. The summed E-state index contributed by atoms with van der Waals surface area (Å²) < 4.78 is 0. The van der Waals surface area contributed by atoms with Gasteiger partial charge in [0.05, 0.1) is 6.04 Å². The molecule has 6 nitrogen and oxygen atoms in total. The molecule has 0 saturated carbocycles. The van der Waals surface area contributed by atoms with E-state index in [0.29, 0.717) is 12.1 Å². The van der Waals surface area contributed by atoms with Gasteiger partial charge in [-0.15, -0.1) is 0 Å². The smallest absolute Gasteiger partial charge is 0.315 e. The third-order valence-electron chi connectivity index (χ3n) is 4.96. The van der Waals surface area contributed by atoms with Crippen molar-refractivity contribution < 1.29 is 4.79 Å². The van der Waals surface area contributed by atoms with Crippen molar-refractivity contribution in [1.82, 2.24) is 15.6 Å². The first-order chi connectivity index (χ1) is 12.2. The predicted octanol–water partition coefficient (Wildman–Crippen LogP) is 1.70. The van der Waals surface area contributed by atoms with E-state index in [1.807, 2.05) is 24.3 Å². The highest BCUT2D eigenvalue weighted by Gasteiger charge is 2.20. The van der Waals surface area contributed by atoms with Gasteiger partial charge in [-0.1, -0.05) is 18.2 Å². The lowest BCUT2D eigenvalue weighted by atomic mass is 10.00. The second-order valence-corrected chi connectivity index (χ2v) is 6.75. The highest BCUT2D eigenvalue weighted by Crippen LogP contribution is 2.21. The van der Waals surface area contributed by atoms with Gasteiger partial charge in [0.2, 0.25) is 0 Å². The summed E-state index contributed by atoms with van der Waals surface area (Å²) in [4.78, 5) is 27.2. The number of aromatic amines is 1. The van der Waals surface area contributed by atoms with E-state index >= 15 is 0 Å². The molecular formula is C19H22N4O2. The normalized spacial score (nSPS) is 18.0. The Morgan fingerprint density at radius 2 is 2.08 bits per heavy atom. The first-order valence-electron chi connectivity index (χ1n) is 8.79. The Morgan fingerprint density at radius 1 is 1.20 bits per heavy atom. The standard InChI is InChI=1S/C19H22N4O2/c24-18-14(8-12-5-3-7-17(12)23-18)10-21-19(25)22-15-9-13-4-1-2-6-16(13)20-11-15/h1-2,4,6,8,15,20H,3,5,7,9-11H2,(H,23,24)(H2,21,22,25). The molecule has 1 unspecified atom stereocenters. The zero-order valence-corrected chi connectivity index (χ0v) is 14.0. The topological polar surface area (TPSA) is 86.0 Å². The molecule has 4 N–H and O–H groups in total. The van der Waals surface area contributed by atoms with Crippen LogP contribution in [-0.2, 0) is 25.8 Å². The number of hydrogen-bond donors (Lipinski definition) is 4. The monoisotopic (exact) mass is 338 g/mol. The SMILES string of the molecule is O=C(NCc1cc2c([nH]c1=O)CCC2)NC1CNc2ccccc2C1. The molecule has 6 heteroatoms. The Labute approximate surface area is 146 Å². The average Bonchev–Trinajstić information content (AvgIpc) is 3.06. The number of H-pyrrole nitrogens is 1. The molecule has 2 aliphatic rings. The van der Waals surface area contributed by atoms with E-state index in [1.165, 1.54) is 11.1 Å². The molecule has 1 aromatic carbocycles. The van der Waals surface area contributed by atoms with Gasteiger partial charge in [0, 0.05) is 30.0 Å². The maximum atomic E-state index is 12.2. The fourth-order valence-corrected chi connectivity index (χ4v) is 3.65. The summed E-state index contributed by atoms with van der Waals surface area (Å²) in [6, 6.07) is 9.84. The number of pyridine rings is 1. The quantitative estimate of drug-likeness (QED) is 0.687. The first-order valence-corrected chi connectivity index (χ1v) is 8.79. The fraction of sp³-hybridized carbons (Fsp3) is 0.368. The minimum absolute atomic E-state index is 0.0354. The molecular weight excluding hydrogens is 316 g/mol. The number of anilines is 1. The number of carbonyl (C=O) groups excluding carboxylic acids is 1. The number of fused-ring (bicyclic) bond motifs is 2. The summed E-state index contributed by atoms with van der Waals surface area (Å²) in [6.45, 7) is 0.940. The number of amides is 2. The van der Waals surface area contributed by atoms with Crippen molar-refractivity contribution in [2.75, 3.05) is 11.9 Å². The lowest BCUT2D eigenvalue weighted by Gasteiger charge is -2.26. The van der Waals surface area contributed by atoms with Crippen molar-refractivity contribution in [3.8, 4) is 0 Å². The van der Waals surface area contributed by atoms with Crippen molar-refractivity contribution >= 4 is 11.7 Å². The van der Waals surface area contributed by atoms with Crippen LogP contribution in [0.1, 0.15) is 28.8 Å². The van der Waals surface area contributed by atoms with E-state index in [2.05, 4.69) is 27.0 Å². The van der Waals surface area contributed by atoms with Gasteiger partial charge in [0.1, 0.15) is 0 Å². The van der Waals surface area contributed by atoms with Crippen LogP contribution in [0.2, 0.25) is 0 Å². The number of rotatable bonds is 3. The summed E-state index contributed by atoms with van der Waals surface area (Å²) in [5.41, 5.74) is 5.09. The van der Waals surface area contributed by atoms with Crippen LogP contribution >= 0.6 is 0 Å². The zero-order valence-electron chi connectivity index (χ0n) is 14.0. The first kappa shape index (κ1) is 15.7. The van der Waals surface area contributed by atoms with Crippen molar-refractivity contribution in [3.05, 3.63) is 63.1 Å². The van der Waals surface area contributed by atoms with E-state index in [4.69, 9.17) is 0 Å². The molecule has 0 radical (unpaired) electrons. The minimum atomic E-state index is -0.244. The summed E-state index contributed by atoms with van der Waals surface area (Å²) >= 11 is 0. The van der Waals surface area contributed by atoms with Crippen molar-refractivity contribution in [2.45, 2.75) is 38.3 Å². The molecule has 2 amide bonds. The Hall–Kier alpha value is -2.76. The van der Waals surface area contributed by atoms with Crippen LogP contribution in [0.15, 0.2) is 35.1 Å². The van der Waals surface area contributed by atoms with Crippen LogP contribution in [-0.4, -0.2) is 23.6 Å². The van der Waals surface area contributed by atoms with Gasteiger partial charge >= 0.3 is 6.03 Å². The lowest BCUT2D eigenvalue weighted by molar-refractivity contribution is 0.236. The van der Waals surface area contributed by atoms with E-state index in [0.717, 1.165) is 37.1 Å². The second kappa shape index (κ2) is 6.63. The van der Waals surface area contributed by atoms with Crippen molar-refractivity contribution in [1.29, 1.82) is 0 Å². The van der Waals surface area contributed by atoms with Crippen molar-refractivity contribution in [2.24, 2.45) is 0 Å². The minimum Gasteiger partial charge on any atom is -0.383 e. The number of urea groups is 1. The van der Waals surface area contributed by atoms with Crippen molar-refractivity contribution in [3.63, 3.8) is 0 Å². The van der Waals surface area contributed by atoms with Crippen LogP contribution < -0.4 is 21.5 Å². The van der Waals surface area contributed by atoms with Gasteiger partial charge in [-0.2, -0.15) is 0 Å². The van der Waals surface area contributed by atoms with Crippen LogP contribution in [0.4, 0.5) is 10.5 Å². The number of aryl methyl sites for hydroxylation is 2. The predicted molar refractivity (Wildman–Crippen MR) is 96.9 cm³/mol. The number of hydrogen-bond acceptors (Lipinski definition) is 3. The largest absolute Gasteiger partial charge is 0.383 e. The summed E-state index contributed by atoms with van der Waals surface area (Å²) in [5.74, 6) is 0. The van der Waals surface area contributed by atoms with Crippen LogP contribution in [0.25, 0.3) is 0 Å². The van der Waals surface area contributed by atoms with Crippen LogP contribution in [0, 0.1) is 0 Å². The maximum absolute atomic E-state index is 12.2. The molecule has 1 aliphatic heterocycles. The third kappa shape index (κ3) is 3.38.